The van der Waals surface area contributed by atoms with Gasteiger partial charge in [0, 0.05) is 38.0 Å². The second-order valence-electron chi connectivity index (χ2n) is 8.15. The average molecular weight is 367 g/mol. The molecule has 144 valence electrons. The van der Waals surface area contributed by atoms with Crippen LogP contribution in [0.25, 0.3) is 10.9 Å². The number of fused-ring (bicyclic) bond motifs is 1. The highest BCUT2D eigenvalue weighted by Gasteiger charge is 2.29. The van der Waals surface area contributed by atoms with Crippen LogP contribution in [-0.4, -0.2) is 47.6 Å². The maximum absolute atomic E-state index is 12.8. The maximum atomic E-state index is 12.8. The van der Waals surface area contributed by atoms with Gasteiger partial charge in [-0.1, -0.05) is 25.0 Å². The number of hydrogen-bond acceptors (Lipinski definition) is 4. The number of carbonyl (C=O) groups excluding carboxylic acids is 1. The first-order chi connectivity index (χ1) is 13.1. The molecule has 0 spiro atoms. The van der Waals surface area contributed by atoms with Crippen molar-refractivity contribution in [3.63, 3.8) is 0 Å². The van der Waals surface area contributed by atoms with E-state index in [9.17, 15) is 9.90 Å². The third-order valence-electron chi connectivity index (χ3n) is 6.24. The van der Waals surface area contributed by atoms with Gasteiger partial charge in [-0.2, -0.15) is 0 Å². The molecule has 1 aromatic heterocycles. The summed E-state index contributed by atoms with van der Waals surface area (Å²) in [5.41, 5.74) is 0.643. The van der Waals surface area contributed by atoms with E-state index in [0.717, 1.165) is 43.7 Å². The highest BCUT2D eigenvalue weighted by Crippen LogP contribution is 2.29. The van der Waals surface area contributed by atoms with Gasteiger partial charge in [0.1, 0.15) is 17.1 Å². The normalized spacial score (nSPS) is 18.9. The Labute approximate surface area is 161 Å². The molecule has 0 bridgehead atoms. The molecular formula is C22H29N3O2. The third kappa shape index (κ3) is 3.87. The lowest BCUT2D eigenvalue weighted by Crippen LogP contribution is -2.42. The quantitative estimate of drug-likeness (QED) is 0.893. The van der Waals surface area contributed by atoms with Crippen molar-refractivity contribution < 1.29 is 9.90 Å². The van der Waals surface area contributed by atoms with Crippen LogP contribution in [0, 0.1) is 11.8 Å². The van der Waals surface area contributed by atoms with Gasteiger partial charge in [-0.05, 0) is 49.8 Å². The van der Waals surface area contributed by atoms with Gasteiger partial charge in [0.05, 0.1) is 0 Å². The van der Waals surface area contributed by atoms with Crippen molar-refractivity contribution in [2.75, 3.05) is 31.6 Å². The molecule has 1 saturated carbocycles. The SMILES string of the molecule is CN(CC1CCCC1)C(=O)C1CCN(c2ccc3cccc(O)c3n2)CC1. The minimum absolute atomic E-state index is 0.126. The van der Waals surface area contributed by atoms with E-state index < -0.39 is 0 Å². The molecule has 0 radical (unpaired) electrons. The molecule has 2 heterocycles. The Morgan fingerprint density at radius 1 is 1.15 bits per heavy atom. The zero-order valence-corrected chi connectivity index (χ0v) is 16.1. The fourth-order valence-electron chi connectivity index (χ4n) is 4.63. The topological polar surface area (TPSA) is 56.7 Å². The number of nitrogens with zero attached hydrogens (tertiary/aromatic N) is 3. The van der Waals surface area contributed by atoms with Crippen molar-refractivity contribution in [2.24, 2.45) is 11.8 Å². The third-order valence-corrected chi connectivity index (χ3v) is 6.24. The molecule has 2 aliphatic rings. The van der Waals surface area contributed by atoms with Gasteiger partial charge in [-0.25, -0.2) is 4.98 Å². The lowest BCUT2D eigenvalue weighted by molar-refractivity contribution is -0.135. The van der Waals surface area contributed by atoms with E-state index in [2.05, 4.69) is 9.88 Å². The van der Waals surface area contributed by atoms with Crippen LogP contribution in [0.5, 0.6) is 5.75 Å². The second kappa shape index (κ2) is 7.75. The Hall–Kier alpha value is -2.30. The van der Waals surface area contributed by atoms with E-state index in [1.54, 1.807) is 6.07 Å². The van der Waals surface area contributed by atoms with E-state index >= 15 is 0 Å². The van der Waals surface area contributed by atoms with Crippen molar-refractivity contribution in [1.82, 2.24) is 9.88 Å². The molecule has 1 aromatic carbocycles. The van der Waals surface area contributed by atoms with Gasteiger partial charge in [-0.15, -0.1) is 0 Å². The van der Waals surface area contributed by atoms with Crippen molar-refractivity contribution in [3.05, 3.63) is 30.3 Å². The number of carbonyl (C=O) groups is 1. The number of aromatic hydroxyl groups is 1. The number of pyridine rings is 1. The number of hydrogen-bond donors (Lipinski definition) is 1. The van der Waals surface area contributed by atoms with Crippen molar-refractivity contribution in [3.8, 4) is 5.75 Å². The largest absolute Gasteiger partial charge is 0.506 e. The van der Waals surface area contributed by atoms with Gasteiger partial charge in [0.25, 0.3) is 0 Å². The maximum Gasteiger partial charge on any atom is 0.225 e. The van der Waals surface area contributed by atoms with Crippen LogP contribution in [0.15, 0.2) is 30.3 Å². The first-order valence-electron chi connectivity index (χ1n) is 10.2. The summed E-state index contributed by atoms with van der Waals surface area (Å²) in [4.78, 5) is 21.7. The number of phenols is 1. The monoisotopic (exact) mass is 367 g/mol. The molecule has 2 aromatic rings. The van der Waals surface area contributed by atoms with Gasteiger partial charge in [0.15, 0.2) is 0 Å². The number of rotatable bonds is 4. The standard InChI is InChI=1S/C22H29N3O2/c1-24(15-16-5-2-3-6-16)22(27)18-11-13-25(14-12-18)20-10-9-17-7-4-8-19(26)21(17)23-20/h4,7-10,16,18,26H,2-3,5-6,11-15H2,1H3. The Bertz CT molecular complexity index is 808. The molecule has 5 heteroatoms. The average Bonchev–Trinajstić information content (AvgIpc) is 3.21. The van der Waals surface area contributed by atoms with Crippen LogP contribution in [-0.2, 0) is 4.79 Å². The number of benzene rings is 1. The predicted octanol–water partition coefficient (Wildman–Crippen LogP) is 3.81. The van der Waals surface area contributed by atoms with Crippen LogP contribution in [0.4, 0.5) is 5.82 Å². The fraction of sp³-hybridized carbons (Fsp3) is 0.545. The van der Waals surface area contributed by atoms with Gasteiger partial charge in [-0.3, -0.25) is 4.79 Å². The number of phenolic OH excluding ortho intramolecular Hbond substituents is 1. The number of piperidine rings is 1. The minimum atomic E-state index is 0.126. The number of amides is 1. The first-order valence-corrected chi connectivity index (χ1v) is 10.2. The molecule has 1 amide bonds. The van der Waals surface area contributed by atoms with Gasteiger partial charge < -0.3 is 14.9 Å². The van der Waals surface area contributed by atoms with Crippen LogP contribution < -0.4 is 4.90 Å². The molecule has 4 rings (SSSR count). The summed E-state index contributed by atoms with van der Waals surface area (Å²) in [6.45, 7) is 2.59. The minimum Gasteiger partial charge on any atom is -0.506 e. The molecule has 1 aliphatic heterocycles. The molecular weight excluding hydrogens is 338 g/mol. The van der Waals surface area contributed by atoms with Crippen molar-refractivity contribution in [2.45, 2.75) is 38.5 Å². The van der Waals surface area contributed by atoms with Crippen molar-refractivity contribution in [1.29, 1.82) is 0 Å². The molecule has 1 aliphatic carbocycles. The summed E-state index contributed by atoms with van der Waals surface area (Å²) in [6.07, 6.45) is 6.93. The molecule has 1 N–H and O–H groups in total. The van der Waals surface area contributed by atoms with Gasteiger partial charge in [0.2, 0.25) is 5.91 Å². The highest BCUT2D eigenvalue weighted by molar-refractivity contribution is 5.85. The van der Waals surface area contributed by atoms with Crippen LogP contribution in [0.1, 0.15) is 38.5 Å². The van der Waals surface area contributed by atoms with Gasteiger partial charge >= 0.3 is 0 Å². The Morgan fingerprint density at radius 2 is 1.89 bits per heavy atom. The van der Waals surface area contributed by atoms with E-state index in [0.29, 0.717) is 17.3 Å². The number of aromatic nitrogens is 1. The summed E-state index contributed by atoms with van der Waals surface area (Å²) >= 11 is 0. The molecule has 2 fully saturated rings. The highest BCUT2D eigenvalue weighted by atomic mass is 16.3. The first kappa shape index (κ1) is 18.1. The Balaban J connectivity index is 1.37. The van der Waals surface area contributed by atoms with Crippen LogP contribution in [0.2, 0.25) is 0 Å². The predicted molar refractivity (Wildman–Crippen MR) is 108 cm³/mol. The smallest absolute Gasteiger partial charge is 0.225 e. The molecule has 0 atom stereocenters. The Kier molecular flexibility index (Phi) is 5.19. The van der Waals surface area contributed by atoms with Crippen LogP contribution >= 0.6 is 0 Å². The van der Waals surface area contributed by atoms with E-state index in [1.165, 1.54) is 25.7 Å². The molecule has 5 nitrogen and oxygen atoms in total. The van der Waals surface area contributed by atoms with E-state index in [-0.39, 0.29) is 11.7 Å². The van der Waals surface area contributed by atoms with Crippen molar-refractivity contribution >= 4 is 22.6 Å². The fourth-order valence-corrected chi connectivity index (χ4v) is 4.63. The zero-order chi connectivity index (χ0) is 18.8. The number of anilines is 1. The zero-order valence-electron chi connectivity index (χ0n) is 16.1. The molecule has 27 heavy (non-hydrogen) atoms. The summed E-state index contributed by atoms with van der Waals surface area (Å²) < 4.78 is 0. The summed E-state index contributed by atoms with van der Waals surface area (Å²) in [7, 11) is 1.97. The van der Waals surface area contributed by atoms with E-state index in [1.807, 2.05) is 36.2 Å². The Morgan fingerprint density at radius 3 is 2.63 bits per heavy atom. The lowest BCUT2D eigenvalue weighted by Gasteiger charge is -2.34. The molecule has 0 unspecified atom stereocenters. The summed E-state index contributed by atoms with van der Waals surface area (Å²) in [6, 6.07) is 9.47. The summed E-state index contributed by atoms with van der Waals surface area (Å²) in [5, 5.41) is 11.0. The second-order valence-corrected chi connectivity index (χ2v) is 8.15. The van der Waals surface area contributed by atoms with E-state index in [4.69, 9.17) is 0 Å². The number of para-hydroxylation sites is 1. The van der Waals surface area contributed by atoms with Crippen LogP contribution in [0.3, 0.4) is 0 Å². The lowest BCUT2D eigenvalue weighted by atomic mass is 9.94. The summed E-state index contributed by atoms with van der Waals surface area (Å²) in [5.74, 6) is 2.24. The molecule has 1 saturated heterocycles.